The van der Waals surface area contributed by atoms with E-state index in [-0.39, 0.29) is 6.03 Å². The van der Waals surface area contributed by atoms with Crippen molar-refractivity contribution in [2.24, 2.45) is 0 Å². The summed E-state index contributed by atoms with van der Waals surface area (Å²) in [6.07, 6.45) is 5.52. The number of anilines is 1. The van der Waals surface area contributed by atoms with Gasteiger partial charge in [0, 0.05) is 25.7 Å². The molecule has 6 nitrogen and oxygen atoms in total. The third-order valence-electron chi connectivity index (χ3n) is 5.97. The fraction of sp³-hybridized carbons (Fsp3) is 0.524. The number of rotatable bonds is 2. The number of urea groups is 1. The van der Waals surface area contributed by atoms with Crippen molar-refractivity contribution in [3.05, 3.63) is 41.2 Å². The number of hydrogen-bond acceptors (Lipinski definition) is 3. The lowest BCUT2D eigenvalue weighted by molar-refractivity contribution is 0.0678. The van der Waals surface area contributed by atoms with Gasteiger partial charge in [0.15, 0.2) is 0 Å². The minimum absolute atomic E-state index is 0.0103. The highest BCUT2D eigenvalue weighted by Crippen LogP contribution is 2.24. The molecule has 3 heterocycles. The van der Waals surface area contributed by atoms with Gasteiger partial charge in [-0.25, -0.2) is 9.48 Å². The minimum Gasteiger partial charge on any atom is -0.322 e. The highest BCUT2D eigenvalue weighted by Gasteiger charge is 2.31. The molecule has 1 N–H and O–H groups in total. The summed E-state index contributed by atoms with van der Waals surface area (Å²) in [4.78, 5) is 17.3. The Hall–Kier alpha value is -2.34. The van der Waals surface area contributed by atoms with Crippen molar-refractivity contribution in [3.8, 4) is 5.69 Å². The number of aryl methyl sites for hydroxylation is 2. The Morgan fingerprint density at radius 1 is 1.15 bits per heavy atom. The molecule has 0 saturated carbocycles. The maximum Gasteiger partial charge on any atom is 0.322 e. The van der Waals surface area contributed by atoms with Crippen LogP contribution in [0.3, 0.4) is 0 Å². The van der Waals surface area contributed by atoms with Gasteiger partial charge in [-0.15, -0.1) is 0 Å². The Kier molecular flexibility index (Phi) is 4.91. The van der Waals surface area contributed by atoms with Crippen molar-refractivity contribution in [1.82, 2.24) is 19.6 Å². The van der Waals surface area contributed by atoms with Crippen LogP contribution in [0.15, 0.2) is 24.4 Å². The van der Waals surface area contributed by atoms with Crippen LogP contribution in [0.4, 0.5) is 10.5 Å². The second-order valence-corrected chi connectivity index (χ2v) is 7.91. The second kappa shape index (κ2) is 7.35. The van der Waals surface area contributed by atoms with Gasteiger partial charge in [-0.2, -0.15) is 5.10 Å². The lowest BCUT2D eigenvalue weighted by atomic mass is 10.00. The molecule has 0 radical (unpaired) electrons. The molecule has 144 valence electrons. The Balaban J connectivity index is 1.48. The third kappa shape index (κ3) is 3.58. The number of benzene rings is 1. The number of hydrogen-bond donors (Lipinski definition) is 1. The van der Waals surface area contributed by atoms with Crippen LogP contribution in [-0.4, -0.2) is 57.8 Å². The Labute approximate surface area is 161 Å². The van der Waals surface area contributed by atoms with Crippen molar-refractivity contribution in [3.63, 3.8) is 0 Å². The minimum atomic E-state index is -0.0103. The summed E-state index contributed by atoms with van der Waals surface area (Å²) in [5.41, 5.74) is 5.16. The number of piperidine rings is 1. The predicted octanol–water partition coefficient (Wildman–Crippen LogP) is 3.50. The van der Waals surface area contributed by atoms with Crippen LogP contribution in [0.1, 0.15) is 36.1 Å². The summed E-state index contributed by atoms with van der Waals surface area (Å²) in [6.45, 7) is 9.96. The van der Waals surface area contributed by atoms with Crippen molar-refractivity contribution in [1.29, 1.82) is 0 Å². The first-order valence-corrected chi connectivity index (χ1v) is 9.95. The van der Waals surface area contributed by atoms with E-state index in [0.29, 0.717) is 6.04 Å². The van der Waals surface area contributed by atoms with E-state index >= 15 is 0 Å². The number of carbonyl (C=O) groups is 1. The van der Waals surface area contributed by atoms with Crippen molar-refractivity contribution < 1.29 is 4.79 Å². The number of nitrogens with zero attached hydrogens (tertiary/aromatic N) is 4. The largest absolute Gasteiger partial charge is 0.322 e. The first kappa shape index (κ1) is 18.0. The molecule has 1 aromatic heterocycles. The Bertz CT molecular complexity index is 843. The summed E-state index contributed by atoms with van der Waals surface area (Å²) in [7, 11) is 0. The standard InChI is InChI=1S/C21H29N5O/c1-15-7-8-16(2)20(12-15)26-17(3)19(13-22-26)23-21(27)25-11-10-24-9-5-4-6-18(24)14-25/h7-8,12-13,18H,4-6,9-11,14H2,1-3H3,(H,23,27)/t18-/m0/s1. The monoisotopic (exact) mass is 367 g/mol. The van der Waals surface area contributed by atoms with E-state index in [1.54, 1.807) is 6.20 Å². The Morgan fingerprint density at radius 3 is 2.85 bits per heavy atom. The molecule has 0 aliphatic carbocycles. The zero-order chi connectivity index (χ0) is 19.0. The molecule has 2 aliphatic heterocycles. The van der Waals surface area contributed by atoms with Gasteiger partial charge in [0.05, 0.1) is 23.3 Å². The van der Waals surface area contributed by atoms with Crippen LogP contribution in [0.25, 0.3) is 5.69 Å². The summed E-state index contributed by atoms with van der Waals surface area (Å²) >= 11 is 0. The van der Waals surface area contributed by atoms with E-state index in [9.17, 15) is 4.79 Å². The average molecular weight is 367 g/mol. The molecule has 27 heavy (non-hydrogen) atoms. The van der Waals surface area contributed by atoms with E-state index in [1.165, 1.54) is 31.4 Å². The molecule has 0 spiro atoms. The van der Waals surface area contributed by atoms with Gasteiger partial charge in [0.1, 0.15) is 0 Å². The van der Waals surface area contributed by atoms with Gasteiger partial charge in [-0.1, -0.05) is 18.6 Å². The molecule has 2 fully saturated rings. The molecule has 2 aromatic rings. The second-order valence-electron chi connectivity index (χ2n) is 7.91. The van der Waals surface area contributed by atoms with Crippen LogP contribution in [-0.2, 0) is 0 Å². The average Bonchev–Trinajstić information content (AvgIpc) is 3.03. The summed E-state index contributed by atoms with van der Waals surface area (Å²) in [5.74, 6) is 0. The van der Waals surface area contributed by atoms with E-state index in [2.05, 4.69) is 47.4 Å². The SMILES string of the molecule is Cc1ccc(C)c(-n2ncc(NC(=O)N3CCN4CCCC[C@H]4C3)c2C)c1. The number of fused-ring (bicyclic) bond motifs is 1. The van der Waals surface area contributed by atoms with Crippen LogP contribution in [0.2, 0.25) is 0 Å². The topological polar surface area (TPSA) is 53.4 Å². The van der Waals surface area contributed by atoms with Crippen LogP contribution in [0, 0.1) is 20.8 Å². The van der Waals surface area contributed by atoms with Gasteiger partial charge in [-0.05, 0) is 57.4 Å². The first-order valence-electron chi connectivity index (χ1n) is 9.95. The molecule has 1 aromatic carbocycles. The molecule has 4 rings (SSSR count). The summed E-state index contributed by atoms with van der Waals surface area (Å²) in [6, 6.07) is 6.85. The van der Waals surface area contributed by atoms with Gasteiger partial charge < -0.3 is 10.2 Å². The van der Waals surface area contributed by atoms with Crippen LogP contribution in [0.5, 0.6) is 0 Å². The molecule has 6 heteroatoms. The number of carbonyl (C=O) groups excluding carboxylic acids is 1. The van der Waals surface area contributed by atoms with E-state index in [4.69, 9.17) is 0 Å². The molecule has 1 atom stereocenters. The Morgan fingerprint density at radius 2 is 2.00 bits per heavy atom. The fourth-order valence-corrected chi connectivity index (χ4v) is 4.26. The molecular formula is C21H29N5O. The zero-order valence-electron chi connectivity index (χ0n) is 16.5. The van der Waals surface area contributed by atoms with Gasteiger partial charge >= 0.3 is 6.03 Å². The highest BCUT2D eigenvalue weighted by molar-refractivity contribution is 5.90. The molecule has 2 amide bonds. The van der Waals surface area contributed by atoms with E-state index in [0.717, 1.165) is 42.3 Å². The maximum absolute atomic E-state index is 12.8. The number of nitrogens with one attached hydrogen (secondary N) is 1. The molecule has 2 saturated heterocycles. The molecule has 0 unspecified atom stereocenters. The normalized spacial score (nSPS) is 20.4. The molecular weight excluding hydrogens is 338 g/mol. The lowest BCUT2D eigenvalue weighted by Gasteiger charge is -2.43. The summed E-state index contributed by atoms with van der Waals surface area (Å²) < 4.78 is 1.91. The van der Waals surface area contributed by atoms with Crippen LogP contribution >= 0.6 is 0 Å². The van der Waals surface area contributed by atoms with Gasteiger partial charge in [-0.3, -0.25) is 4.90 Å². The van der Waals surface area contributed by atoms with Crippen molar-refractivity contribution >= 4 is 11.7 Å². The number of piperazine rings is 1. The van der Waals surface area contributed by atoms with E-state index < -0.39 is 0 Å². The van der Waals surface area contributed by atoms with Gasteiger partial charge in [0.2, 0.25) is 0 Å². The molecule has 2 aliphatic rings. The fourth-order valence-electron chi connectivity index (χ4n) is 4.26. The van der Waals surface area contributed by atoms with E-state index in [1.807, 2.05) is 16.5 Å². The molecule has 0 bridgehead atoms. The van der Waals surface area contributed by atoms with Gasteiger partial charge in [0.25, 0.3) is 0 Å². The number of aromatic nitrogens is 2. The third-order valence-corrected chi connectivity index (χ3v) is 5.97. The summed E-state index contributed by atoms with van der Waals surface area (Å²) in [5, 5.41) is 7.61. The smallest absolute Gasteiger partial charge is 0.322 e. The van der Waals surface area contributed by atoms with Crippen molar-refractivity contribution in [2.45, 2.75) is 46.1 Å². The van der Waals surface area contributed by atoms with Crippen LogP contribution < -0.4 is 5.32 Å². The van der Waals surface area contributed by atoms with Crippen molar-refractivity contribution in [2.75, 3.05) is 31.5 Å². The first-order chi connectivity index (χ1) is 13.0. The lowest BCUT2D eigenvalue weighted by Crippen LogP contribution is -2.56. The maximum atomic E-state index is 12.8. The highest BCUT2D eigenvalue weighted by atomic mass is 16.2. The quantitative estimate of drug-likeness (QED) is 0.884. The predicted molar refractivity (Wildman–Crippen MR) is 108 cm³/mol. The zero-order valence-corrected chi connectivity index (χ0v) is 16.5. The number of amides is 2.